The van der Waals surface area contributed by atoms with Gasteiger partial charge in [0.15, 0.2) is 11.6 Å². The first-order valence-electron chi connectivity index (χ1n) is 12.3. The quantitative estimate of drug-likeness (QED) is 0.291. The van der Waals surface area contributed by atoms with Crippen LogP contribution in [0.4, 0.5) is 0 Å². The summed E-state index contributed by atoms with van der Waals surface area (Å²) in [7, 11) is 0. The molecular weight excluding hydrogens is 416 g/mol. The molecule has 0 aliphatic heterocycles. The fourth-order valence-electron chi connectivity index (χ4n) is 7.99. The van der Waals surface area contributed by atoms with Crippen LogP contribution in [0.25, 0.3) is 21.5 Å². The highest BCUT2D eigenvalue weighted by atomic mass is 16.1. The molecule has 4 bridgehead atoms. The van der Waals surface area contributed by atoms with Gasteiger partial charge in [-0.3, -0.25) is 9.59 Å². The lowest BCUT2D eigenvalue weighted by atomic mass is 9.70. The number of carbonyl (C=O) groups excluding carboxylic acids is 2. The molecule has 0 amide bonds. The third-order valence-electron chi connectivity index (χ3n) is 9.30. The molecule has 2 nitrogen and oxygen atoms in total. The summed E-state index contributed by atoms with van der Waals surface area (Å²) in [5.41, 5.74) is 8.37. The zero-order chi connectivity index (χ0) is 22.3. The van der Waals surface area contributed by atoms with Crippen molar-refractivity contribution < 1.29 is 9.59 Å². The molecule has 5 aliphatic carbocycles. The van der Waals surface area contributed by atoms with E-state index in [-0.39, 0.29) is 35.2 Å². The number of ketones is 2. The first-order valence-corrected chi connectivity index (χ1v) is 12.3. The molecule has 0 aromatic heterocycles. The SMILES string of the molecule is O=C1C2=C(C(=O)C3=C1[C@@H]1C[C@H]3c3cc4ccccc4cc31)[C@@H]1C[C@H]2c2cc3ccccc3cc21. The minimum atomic E-state index is 0.0697. The van der Waals surface area contributed by atoms with E-state index < -0.39 is 0 Å². The maximum absolute atomic E-state index is 14.1. The van der Waals surface area contributed by atoms with E-state index in [4.69, 9.17) is 0 Å². The van der Waals surface area contributed by atoms with E-state index in [1.54, 1.807) is 0 Å². The van der Waals surface area contributed by atoms with Crippen LogP contribution >= 0.6 is 0 Å². The maximum atomic E-state index is 14.1. The summed E-state index contributed by atoms with van der Waals surface area (Å²) in [5, 5.41) is 4.86. The highest BCUT2D eigenvalue weighted by Crippen LogP contribution is 2.65. The number of hydrogen-bond acceptors (Lipinski definition) is 2. The van der Waals surface area contributed by atoms with Gasteiger partial charge in [-0.05, 0) is 56.6 Å². The zero-order valence-electron chi connectivity index (χ0n) is 18.5. The molecule has 4 atom stereocenters. The van der Waals surface area contributed by atoms with E-state index in [0.29, 0.717) is 0 Å². The summed E-state index contributed by atoms with van der Waals surface area (Å²) in [5.74, 6) is 0.616. The van der Waals surface area contributed by atoms with Crippen LogP contribution in [0.1, 0.15) is 58.8 Å². The molecule has 0 N–H and O–H groups in total. The van der Waals surface area contributed by atoms with Crippen molar-refractivity contribution in [3.05, 3.63) is 117 Å². The van der Waals surface area contributed by atoms with E-state index in [9.17, 15) is 9.59 Å². The molecule has 5 aliphatic rings. The summed E-state index contributed by atoms with van der Waals surface area (Å²) in [6.07, 6.45) is 1.75. The molecule has 0 radical (unpaired) electrons. The Kier molecular flexibility index (Phi) is 2.93. The summed E-state index contributed by atoms with van der Waals surface area (Å²) in [4.78, 5) is 28.2. The van der Waals surface area contributed by atoms with Gasteiger partial charge in [0.1, 0.15) is 0 Å². The maximum Gasteiger partial charge on any atom is 0.187 e. The lowest BCUT2D eigenvalue weighted by Crippen LogP contribution is -2.29. The molecule has 0 unspecified atom stereocenters. The molecule has 160 valence electrons. The fourth-order valence-corrected chi connectivity index (χ4v) is 7.99. The number of fused-ring (bicyclic) bond motifs is 16. The van der Waals surface area contributed by atoms with Crippen molar-refractivity contribution in [1.82, 2.24) is 0 Å². The van der Waals surface area contributed by atoms with Crippen molar-refractivity contribution in [2.24, 2.45) is 0 Å². The largest absolute Gasteiger partial charge is 0.289 e. The lowest BCUT2D eigenvalue weighted by molar-refractivity contribution is -0.116. The van der Waals surface area contributed by atoms with Crippen molar-refractivity contribution in [1.29, 1.82) is 0 Å². The highest BCUT2D eigenvalue weighted by Gasteiger charge is 2.57. The number of hydrogen-bond donors (Lipinski definition) is 0. The van der Waals surface area contributed by atoms with Gasteiger partial charge in [0, 0.05) is 46.0 Å². The Balaban J connectivity index is 1.22. The smallest absolute Gasteiger partial charge is 0.187 e. The van der Waals surface area contributed by atoms with Crippen molar-refractivity contribution >= 4 is 33.1 Å². The van der Waals surface area contributed by atoms with Crippen molar-refractivity contribution in [2.75, 3.05) is 0 Å². The molecule has 0 saturated heterocycles. The Morgan fingerprint density at radius 3 is 0.971 bits per heavy atom. The second-order valence-corrected chi connectivity index (χ2v) is 10.7. The van der Waals surface area contributed by atoms with Crippen LogP contribution in [0.3, 0.4) is 0 Å². The molecule has 34 heavy (non-hydrogen) atoms. The Morgan fingerprint density at radius 1 is 0.441 bits per heavy atom. The average Bonchev–Trinajstić information content (AvgIpc) is 3.62. The zero-order valence-corrected chi connectivity index (χ0v) is 18.5. The minimum absolute atomic E-state index is 0.0697. The van der Waals surface area contributed by atoms with Gasteiger partial charge in [-0.25, -0.2) is 0 Å². The standard InChI is InChI=1S/C32H20O2/c33-31-27-23-13-24(20-10-16-6-2-1-5-15(16)9-19(20)23)28(27)32(34)30-26-14-25(29(30)31)21-11-17-7-3-4-8-18(17)12-22(21)26/h1-12,23-26H,13-14H2/t23-,24+,25+,26-. The molecule has 4 aromatic carbocycles. The second-order valence-electron chi connectivity index (χ2n) is 10.7. The van der Waals surface area contributed by atoms with Crippen LogP contribution in [0.15, 0.2) is 95.1 Å². The molecule has 9 rings (SSSR count). The van der Waals surface area contributed by atoms with E-state index in [1.807, 2.05) is 0 Å². The van der Waals surface area contributed by atoms with E-state index >= 15 is 0 Å². The third-order valence-corrected chi connectivity index (χ3v) is 9.30. The van der Waals surface area contributed by atoms with Gasteiger partial charge in [0.25, 0.3) is 0 Å². The topological polar surface area (TPSA) is 34.1 Å². The second kappa shape index (κ2) is 5.64. The van der Waals surface area contributed by atoms with Crippen LogP contribution in [0.5, 0.6) is 0 Å². The van der Waals surface area contributed by atoms with E-state index in [2.05, 4.69) is 72.8 Å². The molecular formula is C32H20O2. The summed E-state index contributed by atoms with van der Waals surface area (Å²) >= 11 is 0. The fraction of sp³-hybridized carbons (Fsp3) is 0.188. The molecule has 0 heterocycles. The average molecular weight is 437 g/mol. The van der Waals surface area contributed by atoms with Crippen molar-refractivity contribution in [3.8, 4) is 0 Å². The predicted molar refractivity (Wildman–Crippen MR) is 132 cm³/mol. The number of benzene rings is 4. The van der Waals surface area contributed by atoms with Gasteiger partial charge in [-0.15, -0.1) is 0 Å². The van der Waals surface area contributed by atoms with Gasteiger partial charge >= 0.3 is 0 Å². The van der Waals surface area contributed by atoms with Gasteiger partial charge in [-0.1, -0.05) is 72.8 Å². The van der Waals surface area contributed by atoms with Gasteiger partial charge in [0.05, 0.1) is 0 Å². The van der Waals surface area contributed by atoms with E-state index in [0.717, 1.165) is 35.1 Å². The Labute approximate surface area is 196 Å². The van der Waals surface area contributed by atoms with Gasteiger partial charge < -0.3 is 0 Å². The van der Waals surface area contributed by atoms with Gasteiger partial charge in [-0.2, -0.15) is 0 Å². The van der Waals surface area contributed by atoms with Crippen molar-refractivity contribution in [2.45, 2.75) is 36.5 Å². The van der Waals surface area contributed by atoms with Gasteiger partial charge in [0.2, 0.25) is 0 Å². The predicted octanol–water partition coefficient (Wildman–Crippen LogP) is 6.61. The monoisotopic (exact) mass is 436 g/mol. The number of Topliss-reactive ketones (excluding diaryl/α,β-unsaturated/α-hetero) is 2. The molecule has 4 aromatic rings. The summed E-state index contributed by atoms with van der Waals surface area (Å²) in [6, 6.07) is 25.9. The Bertz CT molecular complexity index is 1510. The first-order chi connectivity index (χ1) is 16.7. The minimum Gasteiger partial charge on any atom is -0.289 e. The van der Waals surface area contributed by atoms with Crippen LogP contribution in [-0.4, -0.2) is 11.6 Å². The summed E-state index contributed by atoms with van der Waals surface area (Å²) in [6.45, 7) is 0. The molecule has 0 fully saturated rings. The van der Waals surface area contributed by atoms with Crippen LogP contribution in [-0.2, 0) is 9.59 Å². The number of carbonyl (C=O) groups is 2. The molecule has 0 spiro atoms. The molecule has 0 saturated carbocycles. The number of rotatable bonds is 0. The van der Waals surface area contributed by atoms with Crippen LogP contribution in [0, 0.1) is 0 Å². The van der Waals surface area contributed by atoms with E-state index in [1.165, 1.54) is 43.8 Å². The Hall–Kier alpha value is -3.78. The first kappa shape index (κ1) is 17.7. The van der Waals surface area contributed by atoms with Crippen LogP contribution < -0.4 is 0 Å². The third kappa shape index (κ3) is 1.85. The number of allylic oxidation sites excluding steroid dienone is 4. The summed E-state index contributed by atoms with van der Waals surface area (Å²) < 4.78 is 0. The van der Waals surface area contributed by atoms with Crippen LogP contribution in [0.2, 0.25) is 0 Å². The molecule has 2 heteroatoms. The Morgan fingerprint density at radius 2 is 0.706 bits per heavy atom. The lowest BCUT2D eigenvalue weighted by Gasteiger charge is -2.31. The normalized spacial score (nSPS) is 27.6. The highest BCUT2D eigenvalue weighted by molar-refractivity contribution is 6.29. The van der Waals surface area contributed by atoms with Crippen molar-refractivity contribution in [3.63, 3.8) is 0 Å².